The lowest BCUT2D eigenvalue weighted by Crippen LogP contribution is -2.43. The second-order valence-corrected chi connectivity index (χ2v) is 6.14. The van der Waals surface area contributed by atoms with Gasteiger partial charge in [0, 0.05) is 25.2 Å². The number of hydrogen-bond donors (Lipinski definition) is 1. The average Bonchev–Trinajstić information content (AvgIpc) is 2.96. The van der Waals surface area contributed by atoms with Gasteiger partial charge < -0.3 is 10.2 Å². The minimum absolute atomic E-state index is 0.403. The Balaban J connectivity index is 1.75. The van der Waals surface area contributed by atoms with Crippen molar-refractivity contribution in [2.75, 3.05) is 24.5 Å². The van der Waals surface area contributed by atoms with Crippen LogP contribution in [0.2, 0.25) is 10.3 Å². The highest BCUT2D eigenvalue weighted by Crippen LogP contribution is 2.31. The number of rotatable bonds is 2. The number of piperidine rings is 1. The third kappa shape index (κ3) is 2.96. The summed E-state index contributed by atoms with van der Waals surface area (Å²) in [6.07, 6.45) is 5.07. The van der Waals surface area contributed by atoms with Gasteiger partial charge in [-0.25, -0.2) is 0 Å². The quantitative estimate of drug-likeness (QED) is 0.912. The van der Waals surface area contributed by atoms with Crippen molar-refractivity contribution in [3.05, 3.63) is 16.4 Å². The smallest absolute Gasteiger partial charge is 0.175 e. The Morgan fingerprint density at radius 3 is 2.89 bits per heavy atom. The Hall–Kier alpha value is -0.580. The molecule has 4 nitrogen and oxygen atoms in total. The number of nitrogens with one attached hydrogen (secondary N) is 1. The van der Waals surface area contributed by atoms with Gasteiger partial charge in [-0.05, 0) is 38.1 Å². The molecule has 6 heteroatoms. The first kappa shape index (κ1) is 13.4. The highest BCUT2D eigenvalue weighted by Gasteiger charge is 2.30. The molecule has 3 heterocycles. The van der Waals surface area contributed by atoms with Crippen LogP contribution in [-0.2, 0) is 0 Å². The normalized spacial score (nSPS) is 27.8. The van der Waals surface area contributed by atoms with Gasteiger partial charge in [0.2, 0.25) is 0 Å². The molecule has 3 rings (SSSR count). The molecule has 0 amide bonds. The minimum atomic E-state index is 0.403. The number of halogens is 2. The highest BCUT2D eigenvalue weighted by molar-refractivity contribution is 6.33. The first-order valence-corrected chi connectivity index (χ1v) is 7.66. The van der Waals surface area contributed by atoms with Crippen LogP contribution in [0.3, 0.4) is 0 Å². The summed E-state index contributed by atoms with van der Waals surface area (Å²) in [6.45, 7) is 3.20. The second kappa shape index (κ2) is 5.81. The van der Waals surface area contributed by atoms with Crippen molar-refractivity contribution < 1.29 is 0 Å². The van der Waals surface area contributed by atoms with E-state index in [1.165, 1.54) is 25.7 Å². The molecule has 0 bridgehead atoms. The molecule has 2 saturated heterocycles. The SMILES string of the molecule is Clc1cc(N2CCCC(C3CCCN3)C2)c(Cl)nn1. The van der Waals surface area contributed by atoms with Gasteiger partial charge in [0.1, 0.15) is 0 Å². The summed E-state index contributed by atoms with van der Waals surface area (Å²) in [5.74, 6) is 0.694. The van der Waals surface area contributed by atoms with E-state index in [0.717, 1.165) is 25.3 Å². The van der Waals surface area contributed by atoms with Crippen LogP contribution in [0.4, 0.5) is 5.69 Å². The number of anilines is 1. The molecule has 104 valence electrons. The van der Waals surface area contributed by atoms with Gasteiger partial charge in [0.05, 0.1) is 5.69 Å². The second-order valence-electron chi connectivity index (χ2n) is 5.39. The summed E-state index contributed by atoms with van der Waals surface area (Å²) in [5.41, 5.74) is 0.921. The van der Waals surface area contributed by atoms with Gasteiger partial charge in [0.25, 0.3) is 0 Å². The Kier molecular flexibility index (Phi) is 4.10. The molecule has 0 spiro atoms. The molecular weight excluding hydrogens is 283 g/mol. The molecule has 2 unspecified atom stereocenters. The van der Waals surface area contributed by atoms with Crippen molar-refractivity contribution in [1.82, 2.24) is 15.5 Å². The van der Waals surface area contributed by atoms with E-state index < -0.39 is 0 Å². The van der Waals surface area contributed by atoms with E-state index in [2.05, 4.69) is 20.4 Å². The van der Waals surface area contributed by atoms with Gasteiger partial charge >= 0.3 is 0 Å². The van der Waals surface area contributed by atoms with Crippen molar-refractivity contribution in [1.29, 1.82) is 0 Å². The number of aromatic nitrogens is 2. The molecule has 0 saturated carbocycles. The molecule has 0 radical (unpaired) electrons. The van der Waals surface area contributed by atoms with Crippen LogP contribution in [0.1, 0.15) is 25.7 Å². The van der Waals surface area contributed by atoms with Gasteiger partial charge in [-0.2, -0.15) is 0 Å². The van der Waals surface area contributed by atoms with Gasteiger partial charge in [-0.3, -0.25) is 0 Å². The molecule has 1 aromatic heterocycles. The van der Waals surface area contributed by atoms with E-state index in [9.17, 15) is 0 Å². The fourth-order valence-electron chi connectivity index (χ4n) is 3.24. The molecule has 0 aliphatic carbocycles. The fraction of sp³-hybridized carbons (Fsp3) is 0.692. The predicted molar refractivity (Wildman–Crippen MR) is 78.0 cm³/mol. The third-order valence-corrected chi connectivity index (χ3v) is 4.62. The van der Waals surface area contributed by atoms with E-state index in [1.807, 2.05) is 6.07 Å². The summed E-state index contributed by atoms with van der Waals surface area (Å²) in [6, 6.07) is 2.48. The monoisotopic (exact) mass is 300 g/mol. The van der Waals surface area contributed by atoms with Crippen molar-refractivity contribution in [3.63, 3.8) is 0 Å². The van der Waals surface area contributed by atoms with Crippen molar-refractivity contribution in [2.45, 2.75) is 31.7 Å². The van der Waals surface area contributed by atoms with Crippen LogP contribution in [0, 0.1) is 5.92 Å². The summed E-state index contributed by atoms with van der Waals surface area (Å²) < 4.78 is 0. The highest BCUT2D eigenvalue weighted by atomic mass is 35.5. The topological polar surface area (TPSA) is 41.0 Å². The van der Waals surface area contributed by atoms with Crippen molar-refractivity contribution >= 4 is 28.9 Å². The number of hydrogen-bond acceptors (Lipinski definition) is 4. The van der Waals surface area contributed by atoms with Gasteiger partial charge in [-0.15, -0.1) is 10.2 Å². The van der Waals surface area contributed by atoms with Crippen LogP contribution in [0.25, 0.3) is 0 Å². The summed E-state index contributed by atoms with van der Waals surface area (Å²) in [4.78, 5) is 2.30. The molecule has 2 atom stereocenters. The Morgan fingerprint density at radius 1 is 1.21 bits per heavy atom. The van der Waals surface area contributed by atoms with Crippen LogP contribution in [-0.4, -0.2) is 35.9 Å². The molecular formula is C13H18Cl2N4. The predicted octanol–water partition coefficient (Wildman–Crippen LogP) is 2.75. The molecule has 1 aromatic rings. The molecule has 2 fully saturated rings. The molecule has 19 heavy (non-hydrogen) atoms. The zero-order valence-corrected chi connectivity index (χ0v) is 12.3. The maximum Gasteiger partial charge on any atom is 0.175 e. The summed E-state index contributed by atoms with van der Waals surface area (Å²) in [7, 11) is 0. The summed E-state index contributed by atoms with van der Waals surface area (Å²) in [5, 5.41) is 12.1. The zero-order valence-electron chi connectivity index (χ0n) is 10.8. The van der Waals surface area contributed by atoms with E-state index >= 15 is 0 Å². The van der Waals surface area contributed by atoms with E-state index in [0.29, 0.717) is 22.3 Å². The fourth-order valence-corrected chi connectivity index (χ4v) is 3.59. The van der Waals surface area contributed by atoms with Gasteiger partial charge in [0.15, 0.2) is 10.3 Å². The van der Waals surface area contributed by atoms with Crippen LogP contribution >= 0.6 is 23.2 Å². The molecule has 0 aromatic carbocycles. The lowest BCUT2D eigenvalue weighted by Gasteiger charge is -2.37. The van der Waals surface area contributed by atoms with Gasteiger partial charge in [-0.1, -0.05) is 23.2 Å². The molecule has 1 N–H and O–H groups in total. The molecule has 2 aliphatic rings. The average molecular weight is 301 g/mol. The number of nitrogens with zero attached hydrogens (tertiary/aromatic N) is 3. The zero-order chi connectivity index (χ0) is 13.2. The third-order valence-electron chi connectivity index (χ3n) is 4.17. The van der Waals surface area contributed by atoms with Crippen molar-refractivity contribution in [3.8, 4) is 0 Å². The summed E-state index contributed by atoms with van der Waals surface area (Å²) >= 11 is 12.1. The largest absolute Gasteiger partial charge is 0.369 e. The molecule has 2 aliphatic heterocycles. The van der Waals surface area contributed by atoms with E-state index in [1.54, 1.807) is 0 Å². The van der Waals surface area contributed by atoms with E-state index in [-0.39, 0.29) is 0 Å². The minimum Gasteiger partial charge on any atom is -0.369 e. The van der Waals surface area contributed by atoms with Crippen molar-refractivity contribution in [2.24, 2.45) is 5.92 Å². The lowest BCUT2D eigenvalue weighted by molar-refractivity contribution is 0.328. The standard InChI is InChI=1S/C13H18Cl2N4/c14-12-7-11(13(15)18-17-12)19-6-2-3-9(8-19)10-4-1-5-16-10/h7,9-10,16H,1-6,8H2. The first-order valence-electron chi connectivity index (χ1n) is 6.91. The lowest BCUT2D eigenvalue weighted by atomic mass is 9.89. The Bertz CT molecular complexity index is 448. The van der Waals surface area contributed by atoms with Crippen LogP contribution < -0.4 is 10.2 Å². The maximum atomic E-state index is 6.15. The maximum absolute atomic E-state index is 6.15. The Morgan fingerprint density at radius 2 is 2.11 bits per heavy atom. The van der Waals surface area contributed by atoms with Crippen LogP contribution in [0.15, 0.2) is 6.07 Å². The Labute approximate surface area is 123 Å². The van der Waals surface area contributed by atoms with E-state index in [4.69, 9.17) is 23.2 Å². The van der Waals surface area contributed by atoms with Crippen LogP contribution in [0.5, 0.6) is 0 Å². The first-order chi connectivity index (χ1) is 9.24.